The summed E-state index contributed by atoms with van der Waals surface area (Å²) in [6.45, 7) is -0.855. The van der Waals surface area contributed by atoms with Crippen LogP contribution in [-0.4, -0.2) is 67.5 Å². The fraction of sp³-hybridized carbons (Fsp3) is 1.00. The van der Waals surface area contributed by atoms with Gasteiger partial charge < -0.3 is 34.9 Å². The van der Waals surface area contributed by atoms with E-state index in [1.165, 1.54) is 0 Å². The molecule has 1 heterocycles. The van der Waals surface area contributed by atoms with E-state index < -0.39 is 45.1 Å². The Morgan fingerprint density at radius 3 is 2.12 bits per heavy atom. The standard InChI is InChI=1S/C6H13O9P/c7-1-2(15-16(11,12)13)5-3(8)4(9)6(10)14-5/h2-10H,1H2,(H2,11,12,13)/t2-,3-,4+,5-,6?/m1/s1. The van der Waals surface area contributed by atoms with Crippen LogP contribution in [-0.2, 0) is 13.8 Å². The van der Waals surface area contributed by atoms with Gasteiger partial charge in [-0.15, -0.1) is 0 Å². The Balaban J connectivity index is 2.71. The average Bonchev–Trinajstić information content (AvgIpc) is 2.41. The number of phosphoric acid groups is 1. The van der Waals surface area contributed by atoms with Gasteiger partial charge in [0.1, 0.15) is 24.4 Å². The second kappa shape index (κ2) is 5.05. The molecule has 1 aliphatic rings. The molecule has 1 rings (SSSR count). The zero-order valence-electron chi connectivity index (χ0n) is 7.95. The number of ether oxygens (including phenoxy) is 1. The van der Waals surface area contributed by atoms with Gasteiger partial charge in [-0.25, -0.2) is 4.57 Å². The van der Waals surface area contributed by atoms with Gasteiger partial charge in [0.15, 0.2) is 6.29 Å². The summed E-state index contributed by atoms with van der Waals surface area (Å²) in [5.74, 6) is 0. The molecule has 0 aromatic carbocycles. The molecule has 0 saturated carbocycles. The van der Waals surface area contributed by atoms with Gasteiger partial charge in [0, 0.05) is 0 Å². The lowest BCUT2D eigenvalue weighted by Crippen LogP contribution is -2.41. The predicted octanol–water partition coefficient (Wildman–Crippen LogP) is -3.10. The smallest absolute Gasteiger partial charge is 0.394 e. The third-order valence-electron chi connectivity index (χ3n) is 2.09. The minimum atomic E-state index is -4.87. The summed E-state index contributed by atoms with van der Waals surface area (Å²) < 4.78 is 19.3. The van der Waals surface area contributed by atoms with E-state index in [1.807, 2.05) is 0 Å². The average molecular weight is 260 g/mol. The van der Waals surface area contributed by atoms with Crippen molar-refractivity contribution in [1.29, 1.82) is 0 Å². The molecular formula is C6H13O9P. The lowest BCUT2D eigenvalue weighted by Gasteiger charge is -2.23. The van der Waals surface area contributed by atoms with Gasteiger partial charge in [0.25, 0.3) is 0 Å². The maximum Gasteiger partial charge on any atom is 0.470 e. The lowest BCUT2D eigenvalue weighted by molar-refractivity contribution is -0.148. The fourth-order valence-corrected chi connectivity index (χ4v) is 1.91. The van der Waals surface area contributed by atoms with Crippen LogP contribution in [0.5, 0.6) is 0 Å². The van der Waals surface area contributed by atoms with Crippen LogP contribution >= 0.6 is 7.82 Å². The summed E-state index contributed by atoms with van der Waals surface area (Å²) in [7, 11) is -4.87. The monoisotopic (exact) mass is 260 g/mol. The first-order chi connectivity index (χ1) is 7.26. The second-order valence-corrected chi connectivity index (χ2v) is 4.48. The molecular weight excluding hydrogens is 247 g/mol. The Morgan fingerprint density at radius 1 is 1.25 bits per heavy atom. The number of rotatable bonds is 4. The Labute approximate surface area is 90.1 Å². The van der Waals surface area contributed by atoms with Gasteiger partial charge >= 0.3 is 7.82 Å². The molecule has 0 amide bonds. The molecule has 1 unspecified atom stereocenters. The van der Waals surface area contributed by atoms with Crippen LogP contribution in [0.4, 0.5) is 0 Å². The van der Waals surface area contributed by atoms with Crippen molar-refractivity contribution >= 4 is 7.82 Å². The van der Waals surface area contributed by atoms with E-state index in [1.54, 1.807) is 0 Å². The summed E-state index contributed by atoms with van der Waals surface area (Å²) in [6, 6.07) is 0. The van der Waals surface area contributed by atoms with E-state index in [-0.39, 0.29) is 0 Å². The SMILES string of the molecule is O=P(O)(O)O[C@H](CO)[C@H]1OC(O)[C@@H](O)[C@H]1O. The summed E-state index contributed by atoms with van der Waals surface area (Å²) in [4.78, 5) is 17.0. The molecule has 0 aromatic heterocycles. The van der Waals surface area contributed by atoms with Crippen molar-refractivity contribution in [3.8, 4) is 0 Å². The molecule has 1 saturated heterocycles. The largest absolute Gasteiger partial charge is 0.470 e. The topological polar surface area (TPSA) is 157 Å². The fourth-order valence-electron chi connectivity index (χ4n) is 1.37. The van der Waals surface area contributed by atoms with Gasteiger partial charge in [-0.05, 0) is 0 Å². The van der Waals surface area contributed by atoms with Crippen LogP contribution in [0.1, 0.15) is 0 Å². The number of phosphoric ester groups is 1. The minimum absolute atomic E-state index is 0.855. The molecule has 0 aliphatic carbocycles. The van der Waals surface area contributed by atoms with Crippen LogP contribution in [0.2, 0.25) is 0 Å². The first-order valence-corrected chi connectivity index (χ1v) is 5.83. The quantitative estimate of drug-likeness (QED) is 0.288. The van der Waals surface area contributed by atoms with Crippen molar-refractivity contribution in [2.24, 2.45) is 0 Å². The van der Waals surface area contributed by atoms with E-state index in [2.05, 4.69) is 9.26 Å². The van der Waals surface area contributed by atoms with Crippen LogP contribution in [0.25, 0.3) is 0 Å². The van der Waals surface area contributed by atoms with Crippen LogP contribution in [0.3, 0.4) is 0 Å². The number of aliphatic hydroxyl groups is 4. The lowest BCUT2D eigenvalue weighted by atomic mass is 10.1. The highest BCUT2D eigenvalue weighted by molar-refractivity contribution is 7.46. The van der Waals surface area contributed by atoms with E-state index in [0.29, 0.717) is 0 Å². The summed E-state index contributed by atoms with van der Waals surface area (Å²) >= 11 is 0. The summed E-state index contributed by atoms with van der Waals surface area (Å²) in [5, 5.41) is 36.3. The molecule has 1 aliphatic heterocycles. The molecule has 10 heteroatoms. The van der Waals surface area contributed by atoms with E-state index in [0.717, 1.165) is 0 Å². The molecule has 9 nitrogen and oxygen atoms in total. The van der Waals surface area contributed by atoms with Crippen LogP contribution in [0, 0.1) is 0 Å². The Bertz CT molecular complexity index is 277. The normalized spacial score (nSPS) is 37.6. The Kier molecular flexibility index (Phi) is 4.41. The van der Waals surface area contributed by atoms with Crippen molar-refractivity contribution < 1.29 is 44.0 Å². The zero-order chi connectivity index (χ0) is 12.5. The predicted molar refractivity (Wildman–Crippen MR) is 46.9 cm³/mol. The second-order valence-electron chi connectivity index (χ2n) is 3.29. The van der Waals surface area contributed by atoms with Gasteiger partial charge in [-0.3, -0.25) is 4.52 Å². The van der Waals surface area contributed by atoms with Crippen LogP contribution in [0.15, 0.2) is 0 Å². The van der Waals surface area contributed by atoms with Gasteiger partial charge in [0.2, 0.25) is 0 Å². The van der Waals surface area contributed by atoms with Crippen molar-refractivity contribution in [3.63, 3.8) is 0 Å². The van der Waals surface area contributed by atoms with Crippen LogP contribution < -0.4 is 0 Å². The van der Waals surface area contributed by atoms with Gasteiger partial charge in [0.05, 0.1) is 6.61 Å². The molecule has 0 aromatic rings. The Morgan fingerprint density at radius 2 is 1.81 bits per heavy atom. The highest BCUT2D eigenvalue weighted by Gasteiger charge is 2.47. The van der Waals surface area contributed by atoms with Crippen molar-refractivity contribution in [3.05, 3.63) is 0 Å². The molecule has 0 radical (unpaired) electrons. The summed E-state index contributed by atoms with van der Waals surface area (Å²) in [5.41, 5.74) is 0. The first-order valence-electron chi connectivity index (χ1n) is 4.30. The Hall–Kier alpha value is -0.0900. The molecule has 0 spiro atoms. The van der Waals surface area contributed by atoms with Crippen molar-refractivity contribution in [1.82, 2.24) is 0 Å². The molecule has 6 N–H and O–H groups in total. The molecule has 96 valence electrons. The molecule has 1 fully saturated rings. The first kappa shape index (κ1) is 14.0. The highest BCUT2D eigenvalue weighted by Crippen LogP contribution is 2.40. The molecule has 0 bridgehead atoms. The molecule has 5 atom stereocenters. The summed E-state index contributed by atoms with van der Waals surface area (Å²) in [6.07, 6.45) is -7.92. The third-order valence-corrected chi connectivity index (χ3v) is 2.64. The highest BCUT2D eigenvalue weighted by atomic mass is 31.2. The van der Waals surface area contributed by atoms with E-state index >= 15 is 0 Å². The number of hydrogen-bond donors (Lipinski definition) is 6. The van der Waals surface area contributed by atoms with E-state index in [4.69, 9.17) is 25.1 Å². The molecule has 16 heavy (non-hydrogen) atoms. The number of hydrogen-bond acceptors (Lipinski definition) is 7. The minimum Gasteiger partial charge on any atom is -0.394 e. The van der Waals surface area contributed by atoms with Crippen molar-refractivity contribution in [2.75, 3.05) is 6.61 Å². The number of aliphatic hydroxyl groups excluding tert-OH is 4. The van der Waals surface area contributed by atoms with Gasteiger partial charge in [-0.2, -0.15) is 0 Å². The maximum absolute atomic E-state index is 10.5. The maximum atomic E-state index is 10.5. The zero-order valence-corrected chi connectivity index (χ0v) is 8.84. The third kappa shape index (κ3) is 3.20. The van der Waals surface area contributed by atoms with Crippen molar-refractivity contribution in [2.45, 2.75) is 30.7 Å². The van der Waals surface area contributed by atoms with Gasteiger partial charge in [-0.1, -0.05) is 0 Å². The van der Waals surface area contributed by atoms with E-state index in [9.17, 15) is 9.67 Å².